The topological polar surface area (TPSA) is 74.6 Å². The lowest BCUT2D eigenvalue weighted by molar-refractivity contribution is 0.0652. The summed E-state index contributed by atoms with van der Waals surface area (Å²) in [4.78, 5) is 23.2. The summed E-state index contributed by atoms with van der Waals surface area (Å²) in [5, 5.41) is 18.9. The largest absolute Gasteiger partial charge is 0.478 e. The number of terminal acetylenes is 1. The minimum Gasteiger partial charge on any atom is -0.478 e. The zero-order chi connectivity index (χ0) is 18.7. The van der Waals surface area contributed by atoms with Gasteiger partial charge in [0.05, 0.1) is 11.1 Å². The minimum atomic E-state index is -1.33. The molecule has 0 bridgehead atoms. The van der Waals surface area contributed by atoms with Gasteiger partial charge in [-0.2, -0.15) is 0 Å². The molecule has 2 N–H and O–H groups in total. The third-order valence-corrected chi connectivity index (χ3v) is 4.09. The first-order chi connectivity index (χ1) is 12.5. The average molecular weight is 342 g/mol. The SMILES string of the molecule is C#Cc1ccc(C(=O)O)c(C(=O)O)c1-c1ccc(-c2ccccc2)cc1. The summed E-state index contributed by atoms with van der Waals surface area (Å²) in [5.41, 5.74) is 2.51. The lowest BCUT2D eigenvalue weighted by atomic mass is 9.90. The van der Waals surface area contributed by atoms with Gasteiger partial charge in [-0.15, -0.1) is 6.42 Å². The second kappa shape index (κ2) is 6.96. The Hall–Kier alpha value is -3.84. The molecule has 0 aliphatic heterocycles. The highest BCUT2D eigenvalue weighted by Gasteiger charge is 2.23. The molecule has 0 aliphatic carbocycles. The fraction of sp³-hybridized carbons (Fsp3) is 0. The molecule has 0 amide bonds. The molecule has 3 aromatic carbocycles. The Labute approximate surface area is 150 Å². The van der Waals surface area contributed by atoms with Crippen LogP contribution in [0, 0.1) is 12.3 Å². The first-order valence-corrected chi connectivity index (χ1v) is 7.79. The van der Waals surface area contributed by atoms with Crippen LogP contribution in [0.1, 0.15) is 26.3 Å². The summed E-state index contributed by atoms with van der Waals surface area (Å²) in [6, 6.07) is 19.6. The number of carbonyl (C=O) groups is 2. The number of carboxylic acids is 2. The highest BCUT2D eigenvalue weighted by molar-refractivity contribution is 6.07. The molecule has 4 heteroatoms. The second-order valence-corrected chi connectivity index (χ2v) is 5.61. The van der Waals surface area contributed by atoms with Crippen molar-refractivity contribution in [1.82, 2.24) is 0 Å². The third-order valence-electron chi connectivity index (χ3n) is 4.09. The van der Waals surface area contributed by atoms with Gasteiger partial charge in [0.1, 0.15) is 0 Å². The summed E-state index contributed by atoms with van der Waals surface area (Å²) in [6.45, 7) is 0. The monoisotopic (exact) mass is 342 g/mol. The Balaban J connectivity index is 2.20. The zero-order valence-electron chi connectivity index (χ0n) is 13.6. The van der Waals surface area contributed by atoms with E-state index in [1.54, 1.807) is 12.1 Å². The number of aromatic carboxylic acids is 2. The van der Waals surface area contributed by atoms with Gasteiger partial charge < -0.3 is 10.2 Å². The number of benzene rings is 3. The molecule has 0 saturated heterocycles. The first kappa shape index (κ1) is 17.0. The van der Waals surface area contributed by atoms with Crippen LogP contribution >= 0.6 is 0 Å². The number of carboxylic acid groups (broad SMARTS) is 2. The molecule has 0 spiro atoms. The molecule has 126 valence electrons. The van der Waals surface area contributed by atoms with Gasteiger partial charge in [-0.1, -0.05) is 60.5 Å². The van der Waals surface area contributed by atoms with Crippen LogP contribution in [0.5, 0.6) is 0 Å². The second-order valence-electron chi connectivity index (χ2n) is 5.61. The van der Waals surface area contributed by atoms with Crippen molar-refractivity contribution in [2.24, 2.45) is 0 Å². The van der Waals surface area contributed by atoms with Gasteiger partial charge >= 0.3 is 11.9 Å². The van der Waals surface area contributed by atoms with E-state index in [2.05, 4.69) is 5.92 Å². The quantitative estimate of drug-likeness (QED) is 0.689. The highest BCUT2D eigenvalue weighted by Crippen LogP contribution is 2.32. The van der Waals surface area contributed by atoms with Crippen LogP contribution in [0.25, 0.3) is 22.3 Å². The zero-order valence-corrected chi connectivity index (χ0v) is 13.6. The fourth-order valence-corrected chi connectivity index (χ4v) is 2.88. The van der Waals surface area contributed by atoms with Crippen molar-refractivity contribution in [3.8, 4) is 34.6 Å². The van der Waals surface area contributed by atoms with E-state index in [1.807, 2.05) is 42.5 Å². The van der Waals surface area contributed by atoms with Crippen molar-refractivity contribution >= 4 is 11.9 Å². The molecular formula is C22H14O4. The third kappa shape index (κ3) is 3.06. The Morgan fingerprint density at radius 2 is 1.31 bits per heavy atom. The lowest BCUT2D eigenvalue weighted by Gasteiger charge is -2.13. The van der Waals surface area contributed by atoms with Crippen LogP contribution in [-0.2, 0) is 0 Å². The van der Waals surface area contributed by atoms with E-state index < -0.39 is 11.9 Å². The molecule has 0 aliphatic rings. The van der Waals surface area contributed by atoms with Gasteiger partial charge in [0.15, 0.2) is 0 Å². The van der Waals surface area contributed by atoms with Gasteiger partial charge in [0, 0.05) is 11.1 Å². The molecule has 26 heavy (non-hydrogen) atoms. The maximum Gasteiger partial charge on any atom is 0.337 e. The summed E-state index contributed by atoms with van der Waals surface area (Å²) in [5.74, 6) is -0.198. The Morgan fingerprint density at radius 3 is 1.85 bits per heavy atom. The molecule has 0 fully saturated rings. The van der Waals surface area contributed by atoms with Gasteiger partial charge in [0.25, 0.3) is 0 Å². The van der Waals surface area contributed by atoms with E-state index >= 15 is 0 Å². The molecular weight excluding hydrogens is 328 g/mol. The Bertz CT molecular complexity index is 1030. The number of hydrogen-bond acceptors (Lipinski definition) is 2. The summed E-state index contributed by atoms with van der Waals surface area (Å²) in [6.07, 6.45) is 5.51. The van der Waals surface area contributed by atoms with Crippen molar-refractivity contribution in [2.75, 3.05) is 0 Å². The van der Waals surface area contributed by atoms with Gasteiger partial charge in [0.2, 0.25) is 0 Å². The van der Waals surface area contributed by atoms with Crippen molar-refractivity contribution in [1.29, 1.82) is 0 Å². The average Bonchev–Trinajstić information content (AvgIpc) is 2.67. The van der Waals surface area contributed by atoms with E-state index in [0.717, 1.165) is 11.1 Å². The van der Waals surface area contributed by atoms with Crippen LogP contribution in [0.15, 0.2) is 66.7 Å². The molecule has 0 aromatic heterocycles. The predicted molar refractivity (Wildman–Crippen MR) is 99.2 cm³/mol. The predicted octanol–water partition coefficient (Wildman–Crippen LogP) is 4.40. The molecule has 0 saturated carbocycles. The van der Waals surface area contributed by atoms with Gasteiger partial charge in [-0.3, -0.25) is 0 Å². The van der Waals surface area contributed by atoms with Crippen molar-refractivity contribution in [3.63, 3.8) is 0 Å². The van der Waals surface area contributed by atoms with Gasteiger partial charge in [-0.05, 0) is 28.8 Å². The Kier molecular flexibility index (Phi) is 4.55. The maximum atomic E-state index is 11.7. The summed E-state index contributed by atoms with van der Waals surface area (Å²) in [7, 11) is 0. The molecule has 4 nitrogen and oxygen atoms in total. The maximum absolute atomic E-state index is 11.7. The van der Waals surface area contributed by atoms with E-state index in [-0.39, 0.29) is 16.7 Å². The van der Waals surface area contributed by atoms with E-state index in [0.29, 0.717) is 11.1 Å². The van der Waals surface area contributed by atoms with Crippen LogP contribution in [0.4, 0.5) is 0 Å². The van der Waals surface area contributed by atoms with Gasteiger partial charge in [-0.25, -0.2) is 9.59 Å². The minimum absolute atomic E-state index is 0.236. The van der Waals surface area contributed by atoms with E-state index in [4.69, 9.17) is 6.42 Å². The van der Waals surface area contributed by atoms with E-state index in [1.165, 1.54) is 12.1 Å². The molecule has 0 unspecified atom stereocenters. The molecule has 3 rings (SSSR count). The van der Waals surface area contributed by atoms with Crippen LogP contribution < -0.4 is 0 Å². The van der Waals surface area contributed by atoms with Crippen LogP contribution in [0.3, 0.4) is 0 Å². The van der Waals surface area contributed by atoms with E-state index in [9.17, 15) is 19.8 Å². The standard InChI is InChI=1S/C22H14O4/c1-2-14-12-13-18(21(23)24)20(22(25)26)19(14)17-10-8-16(9-11-17)15-6-4-3-5-7-15/h1,3-13H,(H,23,24)(H,25,26). The fourth-order valence-electron chi connectivity index (χ4n) is 2.88. The van der Waals surface area contributed by atoms with Crippen molar-refractivity contribution in [3.05, 3.63) is 83.4 Å². The number of hydrogen-bond donors (Lipinski definition) is 2. The normalized spacial score (nSPS) is 10.1. The van der Waals surface area contributed by atoms with Crippen molar-refractivity contribution in [2.45, 2.75) is 0 Å². The van der Waals surface area contributed by atoms with Crippen LogP contribution in [0.2, 0.25) is 0 Å². The molecule has 0 atom stereocenters. The molecule has 3 aromatic rings. The summed E-state index contributed by atoms with van der Waals surface area (Å²) < 4.78 is 0. The lowest BCUT2D eigenvalue weighted by Crippen LogP contribution is -2.11. The summed E-state index contributed by atoms with van der Waals surface area (Å²) >= 11 is 0. The number of rotatable bonds is 4. The van der Waals surface area contributed by atoms with Crippen molar-refractivity contribution < 1.29 is 19.8 Å². The highest BCUT2D eigenvalue weighted by atomic mass is 16.4. The molecule has 0 radical (unpaired) electrons. The smallest absolute Gasteiger partial charge is 0.337 e. The van der Waals surface area contributed by atoms with Crippen LogP contribution in [-0.4, -0.2) is 22.2 Å². The molecule has 0 heterocycles. The Morgan fingerprint density at radius 1 is 0.731 bits per heavy atom. The first-order valence-electron chi connectivity index (χ1n) is 7.79.